The highest BCUT2D eigenvalue weighted by Gasteiger charge is 2.21. The summed E-state index contributed by atoms with van der Waals surface area (Å²) >= 11 is 0. The van der Waals surface area contributed by atoms with E-state index in [4.69, 9.17) is 4.52 Å². The van der Waals surface area contributed by atoms with E-state index in [1.54, 1.807) is 12.5 Å². The van der Waals surface area contributed by atoms with Gasteiger partial charge in [0.25, 0.3) is 0 Å². The van der Waals surface area contributed by atoms with Gasteiger partial charge in [-0.3, -0.25) is 4.79 Å². The van der Waals surface area contributed by atoms with Crippen LogP contribution in [-0.4, -0.2) is 17.6 Å². The fourth-order valence-corrected chi connectivity index (χ4v) is 2.19. The first-order valence-electron chi connectivity index (χ1n) is 6.02. The number of carbonyl (C=O) groups is 1. The van der Waals surface area contributed by atoms with Gasteiger partial charge in [0.2, 0.25) is 5.91 Å². The molecule has 4 nitrogen and oxygen atoms in total. The van der Waals surface area contributed by atoms with Crippen LogP contribution in [0.15, 0.2) is 17.0 Å². The largest absolute Gasteiger partial charge is 0.364 e. The summed E-state index contributed by atoms with van der Waals surface area (Å²) < 4.78 is 4.74. The first-order chi connectivity index (χ1) is 7.86. The number of hydrogen-bond donors (Lipinski definition) is 1. The number of aryl methyl sites for hydroxylation is 1. The number of rotatable bonds is 5. The van der Waals surface area contributed by atoms with Gasteiger partial charge in [-0.2, -0.15) is 0 Å². The van der Waals surface area contributed by atoms with Crippen molar-refractivity contribution in [1.29, 1.82) is 0 Å². The molecular weight excluding hydrogens is 204 g/mol. The molecule has 1 aliphatic carbocycles. The Morgan fingerprint density at radius 1 is 1.50 bits per heavy atom. The van der Waals surface area contributed by atoms with Crippen LogP contribution in [0.3, 0.4) is 0 Å². The molecule has 0 unspecified atom stereocenters. The zero-order chi connectivity index (χ0) is 11.2. The number of nitrogens with one attached hydrogen (secondary N) is 1. The number of nitrogens with zero attached hydrogens (tertiary/aromatic N) is 1. The van der Waals surface area contributed by atoms with E-state index in [0.717, 1.165) is 37.8 Å². The maximum absolute atomic E-state index is 11.7. The molecule has 88 valence electrons. The summed E-state index contributed by atoms with van der Waals surface area (Å²) in [4.78, 5) is 11.7. The predicted molar refractivity (Wildman–Crippen MR) is 59.8 cm³/mol. The van der Waals surface area contributed by atoms with Gasteiger partial charge in [0.1, 0.15) is 6.26 Å². The molecule has 16 heavy (non-hydrogen) atoms. The number of aromatic nitrogens is 1. The number of hydrogen-bond acceptors (Lipinski definition) is 3. The normalized spacial score (nSPS) is 16.5. The summed E-state index contributed by atoms with van der Waals surface area (Å²) in [6.07, 6.45) is 9.78. The van der Waals surface area contributed by atoms with Crippen molar-refractivity contribution < 1.29 is 9.32 Å². The second-order valence-corrected chi connectivity index (χ2v) is 4.41. The summed E-state index contributed by atoms with van der Waals surface area (Å²) in [7, 11) is 0. The minimum atomic E-state index is 0.239. The van der Waals surface area contributed by atoms with E-state index in [1.165, 1.54) is 12.8 Å². The first kappa shape index (κ1) is 11.2. The summed E-state index contributed by atoms with van der Waals surface area (Å²) in [5, 5.41) is 6.63. The molecule has 0 spiro atoms. The molecule has 1 aromatic rings. The minimum absolute atomic E-state index is 0.239. The van der Waals surface area contributed by atoms with Crippen molar-refractivity contribution >= 4 is 5.91 Å². The molecule has 0 aromatic carbocycles. The van der Waals surface area contributed by atoms with Gasteiger partial charge in [0, 0.05) is 18.0 Å². The standard InChI is InChI=1S/C12H18N2O2/c15-12(11-5-1-2-6-11)13-7-3-4-10-8-14-16-9-10/h8-9,11H,1-7H2,(H,13,15). The Morgan fingerprint density at radius 2 is 2.31 bits per heavy atom. The maximum Gasteiger partial charge on any atom is 0.223 e. The van der Waals surface area contributed by atoms with Crippen LogP contribution in [0.25, 0.3) is 0 Å². The maximum atomic E-state index is 11.7. The van der Waals surface area contributed by atoms with Gasteiger partial charge in [0.05, 0.1) is 6.20 Å². The second kappa shape index (κ2) is 5.68. The molecule has 1 aliphatic rings. The number of amides is 1. The van der Waals surface area contributed by atoms with Crippen molar-refractivity contribution in [3.63, 3.8) is 0 Å². The van der Waals surface area contributed by atoms with Gasteiger partial charge in [-0.05, 0) is 25.7 Å². The van der Waals surface area contributed by atoms with E-state index >= 15 is 0 Å². The summed E-state index contributed by atoms with van der Waals surface area (Å²) in [5.41, 5.74) is 1.09. The van der Waals surface area contributed by atoms with E-state index in [0.29, 0.717) is 0 Å². The average molecular weight is 222 g/mol. The van der Waals surface area contributed by atoms with Gasteiger partial charge in [-0.25, -0.2) is 0 Å². The van der Waals surface area contributed by atoms with Crippen LogP contribution in [0.4, 0.5) is 0 Å². The molecule has 0 aliphatic heterocycles. The van der Waals surface area contributed by atoms with Gasteiger partial charge in [-0.15, -0.1) is 0 Å². The van der Waals surface area contributed by atoms with Crippen LogP contribution in [-0.2, 0) is 11.2 Å². The third-order valence-corrected chi connectivity index (χ3v) is 3.15. The molecule has 1 aromatic heterocycles. The Kier molecular flexibility index (Phi) is 3.97. The lowest BCUT2D eigenvalue weighted by Crippen LogP contribution is -2.30. The monoisotopic (exact) mass is 222 g/mol. The van der Waals surface area contributed by atoms with Crippen LogP contribution in [0.5, 0.6) is 0 Å². The summed E-state index contributed by atoms with van der Waals surface area (Å²) in [6, 6.07) is 0. The first-order valence-corrected chi connectivity index (χ1v) is 6.02. The highest BCUT2D eigenvalue weighted by molar-refractivity contribution is 5.78. The Hall–Kier alpha value is -1.32. The third-order valence-electron chi connectivity index (χ3n) is 3.15. The quantitative estimate of drug-likeness (QED) is 0.774. The highest BCUT2D eigenvalue weighted by Crippen LogP contribution is 2.24. The Balaban J connectivity index is 1.59. The third kappa shape index (κ3) is 3.08. The smallest absolute Gasteiger partial charge is 0.223 e. The zero-order valence-corrected chi connectivity index (χ0v) is 9.45. The van der Waals surface area contributed by atoms with Gasteiger partial charge in [-0.1, -0.05) is 18.0 Å². The van der Waals surface area contributed by atoms with Crippen LogP contribution in [0.1, 0.15) is 37.7 Å². The van der Waals surface area contributed by atoms with E-state index in [2.05, 4.69) is 10.5 Å². The van der Waals surface area contributed by atoms with E-state index in [-0.39, 0.29) is 11.8 Å². The molecule has 0 atom stereocenters. The molecule has 1 fully saturated rings. The molecule has 0 radical (unpaired) electrons. The summed E-state index contributed by atoms with van der Waals surface area (Å²) in [6.45, 7) is 0.751. The SMILES string of the molecule is O=C(NCCCc1cnoc1)C1CCCC1. The Morgan fingerprint density at radius 3 is 3.00 bits per heavy atom. The molecule has 1 N–H and O–H groups in total. The molecule has 2 rings (SSSR count). The lowest BCUT2D eigenvalue weighted by Gasteiger charge is -2.09. The fraction of sp³-hybridized carbons (Fsp3) is 0.667. The van der Waals surface area contributed by atoms with Crippen molar-refractivity contribution in [2.24, 2.45) is 5.92 Å². The lowest BCUT2D eigenvalue weighted by molar-refractivity contribution is -0.124. The van der Waals surface area contributed by atoms with Crippen LogP contribution in [0.2, 0.25) is 0 Å². The lowest BCUT2D eigenvalue weighted by atomic mass is 10.1. The molecular formula is C12H18N2O2. The predicted octanol–water partition coefficient (Wildman–Crippen LogP) is 1.91. The topological polar surface area (TPSA) is 55.1 Å². The minimum Gasteiger partial charge on any atom is -0.364 e. The molecule has 0 bridgehead atoms. The van der Waals surface area contributed by atoms with Crippen molar-refractivity contribution in [3.8, 4) is 0 Å². The highest BCUT2D eigenvalue weighted by atomic mass is 16.5. The van der Waals surface area contributed by atoms with Crippen molar-refractivity contribution in [2.75, 3.05) is 6.54 Å². The van der Waals surface area contributed by atoms with E-state index in [9.17, 15) is 4.79 Å². The van der Waals surface area contributed by atoms with Gasteiger partial charge < -0.3 is 9.84 Å². The summed E-state index contributed by atoms with van der Waals surface area (Å²) in [5.74, 6) is 0.512. The van der Waals surface area contributed by atoms with E-state index in [1.807, 2.05) is 0 Å². The van der Waals surface area contributed by atoms with Crippen LogP contribution >= 0.6 is 0 Å². The Labute approximate surface area is 95.4 Å². The van der Waals surface area contributed by atoms with Gasteiger partial charge >= 0.3 is 0 Å². The molecule has 4 heteroatoms. The van der Waals surface area contributed by atoms with Crippen molar-refractivity contribution in [1.82, 2.24) is 10.5 Å². The zero-order valence-electron chi connectivity index (χ0n) is 9.45. The van der Waals surface area contributed by atoms with E-state index < -0.39 is 0 Å². The van der Waals surface area contributed by atoms with Crippen LogP contribution < -0.4 is 5.32 Å². The molecule has 1 heterocycles. The molecule has 0 saturated heterocycles. The van der Waals surface area contributed by atoms with Crippen molar-refractivity contribution in [3.05, 3.63) is 18.0 Å². The van der Waals surface area contributed by atoms with Gasteiger partial charge in [0.15, 0.2) is 0 Å². The van der Waals surface area contributed by atoms with Crippen molar-refractivity contribution in [2.45, 2.75) is 38.5 Å². The van der Waals surface area contributed by atoms with Crippen LogP contribution in [0, 0.1) is 5.92 Å². The second-order valence-electron chi connectivity index (χ2n) is 4.41. The average Bonchev–Trinajstić information content (AvgIpc) is 2.96. The fourth-order valence-electron chi connectivity index (χ4n) is 2.19. The number of carbonyl (C=O) groups excluding carboxylic acids is 1. The molecule has 1 amide bonds. The Bertz CT molecular complexity index is 316. The molecule has 1 saturated carbocycles.